The highest BCUT2D eigenvalue weighted by Gasteiger charge is 2.31. The number of Topliss-reactive ketones (excluding diaryl/α,β-unsaturated/α-hetero) is 1. The van der Waals surface area contributed by atoms with E-state index in [9.17, 15) is 14.4 Å². The number of esters is 1. The smallest absolute Gasteiger partial charge is 0.323 e. The van der Waals surface area contributed by atoms with E-state index < -0.39 is 6.04 Å². The number of carbonyl (C=O) groups is 3. The zero-order valence-corrected chi connectivity index (χ0v) is 13.3. The van der Waals surface area contributed by atoms with Gasteiger partial charge in [0.15, 0.2) is 5.78 Å². The number of nitrogens with zero attached hydrogens (tertiary/aromatic N) is 1. The Bertz CT molecular complexity index is 395. The van der Waals surface area contributed by atoms with Crippen molar-refractivity contribution in [3.63, 3.8) is 0 Å². The summed E-state index contributed by atoms with van der Waals surface area (Å²) in [5.74, 6) is -0.528. The number of methoxy groups -OCH3 is 1. The fourth-order valence-corrected chi connectivity index (χ4v) is 2.72. The lowest BCUT2D eigenvalue weighted by Crippen LogP contribution is -2.52. The minimum absolute atomic E-state index is 0.0456. The first-order valence-corrected chi connectivity index (χ1v) is 7.48. The second kappa shape index (κ2) is 8.12. The van der Waals surface area contributed by atoms with Gasteiger partial charge in [0.2, 0.25) is 5.91 Å². The van der Waals surface area contributed by atoms with Gasteiger partial charge in [-0.25, -0.2) is 0 Å². The Morgan fingerprint density at radius 1 is 1.29 bits per heavy atom. The summed E-state index contributed by atoms with van der Waals surface area (Å²) >= 11 is 0. The van der Waals surface area contributed by atoms with Crippen LogP contribution < -0.4 is 5.32 Å². The molecule has 1 heterocycles. The Hall–Kier alpha value is -1.43. The van der Waals surface area contributed by atoms with E-state index in [0.29, 0.717) is 13.0 Å². The lowest BCUT2D eigenvalue weighted by atomic mass is 10.00. The molecule has 1 N–H and O–H groups in total. The molecule has 1 rings (SSSR count). The molecule has 0 aliphatic carbocycles. The number of amides is 1. The van der Waals surface area contributed by atoms with Crippen LogP contribution in [0.2, 0.25) is 0 Å². The predicted molar refractivity (Wildman–Crippen MR) is 78.7 cm³/mol. The minimum atomic E-state index is -0.473. The summed E-state index contributed by atoms with van der Waals surface area (Å²) in [5.41, 5.74) is 0. The van der Waals surface area contributed by atoms with Gasteiger partial charge in [-0.3, -0.25) is 19.3 Å². The van der Waals surface area contributed by atoms with Crippen LogP contribution >= 0.6 is 0 Å². The van der Waals surface area contributed by atoms with E-state index >= 15 is 0 Å². The van der Waals surface area contributed by atoms with Gasteiger partial charge in [-0.1, -0.05) is 20.3 Å². The van der Waals surface area contributed by atoms with E-state index in [1.54, 1.807) is 0 Å². The van der Waals surface area contributed by atoms with Crippen LogP contribution in [0.1, 0.15) is 40.0 Å². The van der Waals surface area contributed by atoms with E-state index in [-0.39, 0.29) is 36.2 Å². The Labute approximate surface area is 126 Å². The van der Waals surface area contributed by atoms with Gasteiger partial charge in [0.1, 0.15) is 6.04 Å². The highest BCUT2D eigenvalue weighted by Crippen LogP contribution is 2.17. The van der Waals surface area contributed by atoms with Gasteiger partial charge in [-0.2, -0.15) is 0 Å². The van der Waals surface area contributed by atoms with Crippen LogP contribution in [0.3, 0.4) is 0 Å². The molecule has 1 aliphatic heterocycles. The largest absolute Gasteiger partial charge is 0.468 e. The van der Waals surface area contributed by atoms with Crippen LogP contribution in [0.5, 0.6) is 0 Å². The monoisotopic (exact) mass is 298 g/mol. The third-order valence-electron chi connectivity index (χ3n) is 3.85. The Balaban J connectivity index is 2.62. The molecular formula is C15H26N2O4. The van der Waals surface area contributed by atoms with Gasteiger partial charge >= 0.3 is 5.97 Å². The molecule has 120 valence electrons. The van der Waals surface area contributed by atoms with Crippen molar-refractivity contribution in [2.75, 3.05) is 20.2 Å². The van der Waals surface area contributed by atoms with E-state index in [1.165, 1.54) is 14.0 Å². The zero-order chi connectivity index (χ0) is 16.0. The first-order chi connectivity index (χ1) is 9.86. The van der Waals surface area contributed by atoms with E-state index in [0.717, 1.165) is 12.8 Å². The third-order valence-corrected chi connectivity index (χ3v) is 3.85. The maximum Gasteiger partial charge on any atom is 0.323 e. The molecule has 1 aliphatic rings. The van der Waals surface area contributed by atoms with Gasteiger partial charge in [0.05, 0.1) is 19.7 Å². The van der Waals surface area contributed by atoms with Crippen molar-refractivity contribution >= 4 is 17.7 Å². The highest BCUT2D eigenvalue weighted by atomic mass is 16.5. The molecule has 0 bridgehead atoms. The fraction of sp³-hybridized carbons (Fsp3) is 0.800. The van der Waals surface area contributed by atoms with Crippen LogP contribution in [-0.2, 0) is 19.1 Å². The molecule has 21 heavy (non-hydrogen) atoms. The molecule has 0 saturated carbocycles. The van der Waals surface area contributed by atoms with Crippen LogP contribution in [0.25, 0.3) is 0 Å². The number of piperidine rings is 1. The lowest BCUT2D eigenvalue weighted by molar-refractivity contribution is -0.149. The van der Waals surface area contributed by atoms with E-state index in [1.807, 2.05) is 18.7 Å². The van der Waals surface area contributed by atoms with Crippen LogP contribution in [-0.4, -0.2) is 54.8 Å². The fourth-order valence-electron chi connectivity index (χ4n) is 2.72. The molecule has 1 fully saturated rings. The molecule has 2 atom stereocenters. The molecule has 6 nitrogen and oxygen atoms in total. The van der Waals surface area contributed by atoms with E-state index in [2.05, 4.69) is 5.32 Å². The molecule has 0 radical (unpaired) electrons. The van der Waals surface area contributed by atoms with Crippen molar-refractivity contribution in [1.82, 2.24) is 10.2 Å². The number of rotatable bonds is 6. The Morgan fingerprint density at radius 2 is 1.95 bits per heavy atom. The van der Waals surface area contributed by atoms with Crippen molar-refractivity contribution in [3.8, 4) is 0 Å². The summed E-state index contributed by atoms with van der Waals surface area (Å²) in [7, 11) is 1.36. The summed E-state index contributed by atoms with van der Waals surface area (Å²) < 4.78 is 4.79. The number of nitrogens with one attached hydrogen (secondary N) is 1. The molecule has 0 aromatic heterocycles. The summed E-state index contributed by atoms with van der Waals surface area (Å²) in [6.07, 6.45) is 2.63. The van der Waals surface area contributed by atoms with Crippen LogP contribution in [0, 0.1) is 5.92 Å². The molecule has 0 aromatic rings. The highest BCUT2D eigenvalue weighted by molar-refractivity contribution is 5.88. The molecule has 6 heteroatoms. The molecule has 1 saturated heterocycles. The number of hydrogen-bond donors (Lipinski definition) is 1. The molecule has 1 amide bonds. The average molecular weight is 298 g/mol. The van der Waals surface area contributed by atoms with Gasteiger partial charge in [-0.15, -0.1) is 0 Å². The number of ketones is 1. The first-order valence-electron chi connectivity index (χ1n) is 7.48. The molecule has 0 spiro atoms. The van der Waals surface area contributed by atoms with Crippen molar-refractivity contribution in [2.24, 2.45) is 5.92 Å². The van der Waals surface area contributed by atoms with E-state index in [4.69, 9.17) is 4.74 Å². The maximum absolute atomic E-state index is 12.1. The number of ether oxygens (including phenoxy) is 1. The quantitative estimate of drug-likeness (QED) is 0.732. The van der Waals surface area contributed by atoms with Gasteiger partial charge in [0, 0.05) is 0 Å². The van der Waals surface area contributed by atoms with Gasteiger partial charge in [-0.05, 0) is 32.2 Å². The second-order valence-electron chi connectivity index (χ2n) is 5.91. The second-order valence-corrected chi connectivity index (χ2v) is 5.91. The molecular weight excluding hydrogens is 272 g/mol. The topological polar surface area (TPSA) is 75.7 Å². The van der Waals surface area contributed by atoms with Crippen molar-refractivity contribution in [3.05, 3.63) is 0 Å². The summed E-state index contributed by atoms with van der Waals surface area (Å²) in [5, 5.41) is 2.76. The average Bonchev–Trinajstić information content (AvgIpc) is 2.43. The summed E-state index contributed by atoms with van der Waals surface area (Å²) in [6, 6.07) is -0.830. The minimum Gasteiger partial charge on any atom is -0.468 e. The Kier molecular flexibility index (Phi) is 6.81. The maximum atomic E-state index is 12.1. The number of carbonyl (C=O) groups excluding carboxylic acids is 3. The summed E-state index contributed by atoms with van der Waals surface area (Å²) in [4.78, 5) is 37.2. The molecule has 1 unspecified atom stereocenters. The van der Waals surface area contributed by atoms with Crippen molar-refractivity contribution < 1.29 is 19.1 Å². The summed E-state index contributed by atoms with van der Waals surface area (Å²) in [6.45, 7) is 6.08. The van der Waals surface area contributed by atoms with Gasteiger partial charge < -0.3 is 10.1 Å². The predicted octanol–water partition coefficient (Wildman–Crippen LogP) is 0.744. The number of likely N-dealkylation sites (tertiary alicyclic amines) is 1. The Morgan fingerprint density at radius 3 is 2.48 bits per heavy atom. The van der Waals surface area contributed by atoms with Crippen molar-refractivity contribution in [2.45, 2.75) is 52.1 Å². The first kappa shape index (κ1) is 17.6. The normalized spacial score (nSPS) is 20.9. The lowest BCUT2D eigenvalue weighted by Gasteiger charge is -2.33. The van der Waals surface area contributed by atoms with Gasteiger partial charge in [0.25, 0.3) is 0 Å². The third kappa shape index (κ3) is 5.12. The molecule has 0 aromatic carbocycles. The number of hydrogen-bond acceptors (Lipinski definition) is 5. The standard InChI is InChI=1S/C15H26N2O4/c1-10(2)14(11(3)18)16-13(19)9-17-8-6-5-7-12(17)15(20)21-4/h10,12,14H,5-9H2,1-4H3,(H,16,19)/t12-,14?/m1/s1. The zero-order valence-electron chi connectivity index (χ0n) is 13.3. The van der Waals surface area contributed by atoms with Crippen molar-refractivity contribution in [1.29, 1.82) is 0 Å². The van der Waals surface area contributed by atoms with Crippen LogP contribution in [0.4, 0.5) is 0 Å². The van der Waals surface area contributed by atoms with Crippen LogP contribution in [0.15, 0.2) is 0 Å². The SMILES string of the molecule is COC(=O)[C@H]1CCCCN1CC(=O)NC(C(C)=O)C(C)C.